The lowest BCUT2D eigenvalue weighted by molar-refractivity contribution is 1.05. The van der Waals surface area contributed by atoms with Crippen molar-refractivity contribution in [2.75, 3.05) is 0 Å². The van der Waals surface area contributed by atoms with Gasteiger partial charge in [-0.15, -0.1) is 6.58 Å². The van der Waals surface area contributed by atoms with Crippen LogP contribution in [-0.4, -0.2) is 9.97 Å². The Hall–Kier alpha value is -1.54. The summed E-state index contributed by atoms with van der Waals surface area (Å²) in [5, 5.41) is 0.447. The SMILES string of the molecule is C=CCc1[nH]c(Cl)nc1Cc1ccccc1. The normalized spacial score (nSPS) is 10.3. The van der Waals surface area contributed by atoms with Crippen molar-refractivity contribution in [3.63, 3.8) is 0 Å². The van der Waals surface area contributed by atoms with Crippen molar-refractivity contribution < 1.29 is 0 Å². The summed E-state index contributed by atoms with van der Waals surface area (Å²) in [6, 6.07) is 10.2. The Kier molecular flexibility index (Phi) is 3.42. The van der Waals surface area contributed by atoms with E-state index < -0.39 is 0 Å². The standard InChI is InChI=1S/C13H13ClN2/c1-2-6-11-12(16-13(14)15-11)9-10-7-4-3-5-8-10/h2-5,7-8H,1,6,9H2,(H,15,16). The number of rotatable bonds is 4. The van der Waals surface area contributed by atoms with E-state index in [-0.39, 0.29) is 0 Å². The van der Waals surface area contributed by atoms with Crippen LogP contribution in [0.4, 0.5) is 0 Å². The summed E-state index contributed by atoms with van der Waals surface area (Å²) in [5.74, 6) is 0. The minimum Gasteiger partial charge on any atom is -0.332 e. The number of imidazole rings is 1. The predicted molar refractivity (Wildman–Crippen MR) is 66.7 cm³/mol. The van der Waals surface area contributed by atoms with Crippen LogP contribution in [0, 0.1) is 0 Å². The maximum absolute atomic E-state index is 5.87. The number of nitrogens with zero attached hydrogens (tertiary/aromatic N) is 1. The van der Waals surface area contributed by atoms with Crippen LogP contribution in [0.5, 0.6) is 0 Å². The summed E-state index contributed by atoms with van der Waals surface area (Å²) in [5.41, 5.74) is 3.27. The number of aromatic nitrogens is 2. The molecule has 0 aliphatic carbocycles. The van der Waals surface area contributed by atoms with Crippen molar-refractivity contribution in [1.82, 2.24) is 9.97 Å². The molecule has 0 saturated carbocycles. The quantitative estimate of drug-likeness (QED) is 0.805. The van der Waals surface area contributed by atoms with Gasteiger partial charge in [0.25, 0.3) is 0 Å². The third kappa shape index (κ3) is 2.52. The third-order valence-corrected chi connectivity index (χ3v) is 2.58. The molecule has 0 aliphatic rings. The van der Waals surface area contributed by atoms with E-state index in [0.717, 1.165) is 24.2 Å². The van der Waals surface area contributed by atoms with E-state index in [9.17, 15) is 0 Å². The molecule has 3 heteroatoms. The molecule has 0 radical (unpaired) electrons. The van der Waals surface area contributed by atoms with Gasteiger partial charge in [0.05, 0.1) is 5.69 Å². The molecule has 1 heterocycles. The molecule has 2 nitrogen and oxygen atoms in total. The Morgan fingerprint density at radius 3 is 2.75 bits per heavy atom. The van der Waals surface area contributed by atoms with E-state index >= 15 is 0 Å². The number of allylic oxidation sites excluding steroid dienone is 1. The van der Waals surface area contributed by atoms with E-state index in [2.05, 4.69) is 28.7 Å². The number of halogens is 1. The largest absolute Gasteiger partial charge is 0.332 e. The highest BCUT2D eigenvalue weighted by Gasteiger charge is 2.08. The molecule has 0 atom stereocenters. The van der Waals surface area contributed by atoms with E-state index in [1.807, 2.05) is 24.3 Å². The molecule has 0 aliphatic heterocycles. The fraction of sp³-hybridized carbons (Fsp3) is 0.154. The zero-order valence-electron chi connectivity index (χ0n) is 8.91. The Bertz CT molecular complexity index is 474. The van der Waals surface area contributed by atoms with Gasteiger partial charge >= 0.3 is 0 Å². The number of aromatic amines is 1. The van der Waals surface area contributed by atoms with Crippen molar-refractivity contribution in [2.24, 2.45) is 0 Å². The summed E-state index contributed by atoms with van der Waals surface area (Å²) in [7, 11) is 0. The molecule has 82 valence electrons. The van der Waals surface area contributed by atoms with Crippen LogP contribution < -0.4 is 0 Å². The Morgan fingerprint density at radius 2 is 2.06 bits per heavy atom. The van der Waals surface area contributed by atoms with E-state index in [1.165, 1.54) is 5.56 Å². The summed E-state index contributed by atoms with van der Waals surface area (Å²) in [6.45, 7) is 3.72. The average Bonchev–Trinajstić information content (AvgIpc) is 2.61. The van der Waals surface area contributed by atoms with Crippen LogP contribution in [0.25, 0.3) is 0 Å². The number of benzene rings is 1. The van der Waals surface area contributed by atoms with Gasteiger partial charge in [-0.3, -0.25) is 0 Å². The minimum atomic E-state index is 0.447. The maximum Gasteiger partial charge on any atom is 0.200 e. The van der Waals surface area contributed by atoms with E-state index in [0.29, 0.717) is 5.28 Å². The molecule has 1 aromatic carbocycles. The van der Waals surface area contributed by atoms with Gasteiger partial charge in [-0.25, -0.2) is 4.98 Å². The van der Waals surface area contributed by atoms with Crippen molar-refractivity contribution in [3.05, 3.63) is 65.2 Å². The van der Waals surface area contributed by atoms with Gasteiger partial charge in [-0.1, -0.05) is 36.4 Å². The number of H-pyrrole nitrogens is 1. The van der Waals surface area contributed by atoms with Crippen molar-refractivity contribution in [2.45, 2.75) is 12.8 Å². The number of nitrogens with one attached hydrogen (secondary N) is 1. The topological polar surface area (TPSA) is 28.7 Å². The Labute approximate surface area is 100.0 Å². The van der Waals surface area contributed by atoms with Gasteiger partial charge in [0.2, 0.25) is 0 Å². The highest BCUT2D eigenvalue weighted by molar-refractivity contribution is 6.28. The molecule has 0 bridgehead atoms. The van der Waals surface area contributed by atoms with Crippen LogP contribution in [0.2, 0.25) is 5.28 Å². The monoisotopic (exact) mass is 232 g/mol. The molecule has 2 rings (SSSR count). The van der Waals surface area contributed by atoms with Crippen LogP contribution in [0.3, 0.4) is 0 Å². The first-order chi connectivity index (χ1) is 7.79. The predicted octanol–water partition coefficient (Wildman–Crippen LogP) is 3.38. The number of hydrogen-bond donors (Lipinski definition) is 1. The Morgan fingerprint density at radius 1 is 1.31 bits per heavy atom. The van der Waals surface area contributed by atoms with Gasteiger partial charge in [0.1, 0.15) is 0 Å². The first-order valence-electron chi connectivity index (χ1n) is 5.17. The lowest BCUT2D eigenvalue weighted by atomic mass is 10.1. The van der Waals surface area contributed by atoms with Gasteiger partial charge in [0, 0.05) is 18.5 Å². The van der Waals surface area contributed by atoms with Crippen molar-refractivity contribution >= 4 is 11.6 Å². The summed E-state index contributed by atoms with van der Waals surface area (Å²) < 4.78 is 0. The van der Waals surface area contributed by atoms with Crippen LogP contribution in [0.15, 0.2) is 43.0 Å². The van der Waals surface area contributed by atoms with Crippen LogP contribution in [-0.2, 0) is 12.8 Å². The second-order valence-electron chi connectivity index (χ2n) is 3.61. The molecule has 2 aromatic rings. The minimum absolute atomic E-state index is 0.447. The highest BCUT2D eigenvalue weighted by Crippen LogP contribution is 2.15. The second-order valence-corrected chi connectivity index (χ2v) is 3.97. The fourth-order valence-electron chi connectivity index (χ4n) is 1.66. The smallest absolute Gasteiger partial charge is 0.200 e. The Balaban J connectivity index is 2.23. The summed E-state index contributed by atoms with van der Waals surface area (Å²) in [6.07, 6.45) is 3.41. The maximum atomic E-state index is 5.87. The summed E-state index contributed by atoms with van der Waals surface area (Å²) in [4.78, 5) is 7.34. The van der Waals surface area contributed by atoms with Crippen LogP contribution in [0.1, 0.15) is 17.0 Å². The molecule has 16 heavy (non-hydrogen) atoms. The van der Waals surface area contributed by atoms with Crippen LogP contribution >= 0.6 is 11.6 Å². The zero-order valence-corrected chi connectivity index (χ0v) is 9.67. The van der Waals surface area contributed by atoms with Gasteiger partial charge in [0.15, 0.2) is 5.28 Å². The fourth-order valence-corrected chi connectivity index (χ4v) is 1.88. The molecule has 0 amide bonds. The third-order valence-electron chi connectivity index (χ3n) is 2.40. The molecule has 1 N–H and O–H groups in total. The second kappa shape index (κ2) is 4.99. The molecule has 0 fully saturated rings. The van der Waals surface area contributed by atoms with Crippen molar-refractivity contribution in [1.29, 1.82) is 0 Å². The molecular weight excluding hydrogens is 220 g/mol. The summed E-state index contributed by atoms with van der Waals surface area (Å²) >= 11 is 5.87. The molecule has 1 aromatic heterocycles. The van der Waals surface area contributed by atoms with Gasteiger partial charge in [-0.2, -0.15) is 0 Å². The average molecular weight is 233 g/mol. The lowest BCUT2D eigenvalue weighted by Crippen LogP contribution is -1.93. The lowest BCUT2D eigenvalue weighted by Gasteiger charge is -2.00. The first kappa shape index (κ1) is 11.0. The van der Waals surface area contributed by atoms with E-state index in [1.54, 1.807) is 0 Å². The molecular formula is C13H13ClN2. The van der Waals surface area contributed by atoms with E-state index in [4.69, 9.17) is 11.6 Å². The number of hydrogen-bond acceptors (Lipinski definition) is 1. The van der Waals surface area contributed by atoms with Crippen molar-refractivity contribution in [3.8, 4) is 0 Å². The molecule has 0 spiro atoms. The first-order valence-corrected chi connectivity index (χ1v) is 5.55. The molecule has 0 unspecified atom stereocenters. The zero-order chi connectivity index (χ0) is 11.4. The van der Waals surface area contributed by atoms with Gasteiger partial charge < -0.3 is 4.98 Å². The van der Waals surface area contributed by atoms with Gasteiger partial charge in [-0.05, 0) is 17.2 Å². The molecule has 0 saturated heterocycles. The highest BCUT2D eigenvalue weighted by atomic mass is 35.5.